The fourth-order valence-electron chi connectivity index (χ4n) is 7.94. The Balaban J connectivity index is 1.37. The summed E-state index contributed by atoms with van der Waals surface area (Å²) in [5, 5.41) is 37.8. The molecule has 0 atom stereocenters. The number of fused-ring (bicyclic) bond motifs is 10. The van der Waals surface area contributed by atoms with E-state index in [0.717, 1.165) is 71.2 Å². The van der Waals surface area contributed by atoms with Crippen LogP contribution in [0.5, 0.6) is 0 Å². The predicted octanol–water partition coefficient (Wildman–Crippen LogP) is 11.1. The molecule has 3 heterocycles. The fraction of sp³-hybridized carbons (Fsp3) is 0. The number of nitriles is 3. The van der Waals surface area contributed by atoms with E-state index in [1.807, 2.05) is 78.9 Å². The number of aromatic nitrogens is 2. The number of benzene rings is 7. The van der Waals surface area contributed by atoms with Gasteiger partial charge >= 0.3 is 0 Å². The van der Waals surface area contributed by atoms with Gasteiger partial charge < -0.3 is 13.6 Å². The predicted molar refractivity (Wildman–Crippen MR) is 202 cm³/mol. The van der Waals surface area contributed by atoms with Crippen molar-refractivity contribution >= 4 is 65.6 Å². The maximum atomic E-state index is 11.0. The molecule has 7 aromatic carbocycles. The summed E-state index contributed by atoms with van der Waals surface area (Å²) in [6.07, 6.45) is 0. The molecule has 0 saturated heterocycles. The quantitative estimate of drug-likeness (QED) is 0.190. The molecule has 0 bridgehead atoms. The molecule has 0 aliphatic heterocycles. The smallest absolute Gasteiger partial charge is 0.137 e. The van der Waals surface area contributed by atoms with Crippen molar-refractivity contribution in [1.82, 2.24) is 9.13 Å². The van der Waals surface area contributed by atoms with Gasteiger partial charge in [-0.3, -0.25) is 0 Å². The zero-order valence-corrected chi connectivity index (χ0v) is 26.9. The molecule has 234 valence electrons. The van der Waals surface area contributed by atoms with Crippen LogP contribution in [0.25, 0.3) is 88.1 Å². The van der Waals surface area contributed by atoms with Gasteiger partial charge in [0.25, 0.3) is 0 Å². The lowest BCUT2D eigenvalue weighted by atomic mass is 9.93. The van der Waals surface area contributed by atoms with Gasteiger partial charge in [-0.2, -0.15) is 15.8 Å². The summed E-state index contributed by atoms with van der Waals surface area (Å²) >= 11 is 0. The molecule has 0 spiro atoms. The molecule has 51 heavy (non-hydrogen) atoms. The summed E-state index contributed by atoms with van der Waals surface area (Å²) in [6.45, 7) is 0. The molecule has 3 aromatic heterocycles. The van der Waals surface area contributed by atoms with E-state index in [9.17, 15) is 15.8 Å². The third-order valence-electron chi connectivity index (χ3n) is 10.1. The van der Waals surface area contributed by atoms with Crippen LogP contribution >= 0.6 is 0 Å². The van der Waals surface area contributed by atoms with Crippen LogP contribution < -0.4 is 0 Å². The van der Waals surface area contributed by atoms with Crippen molar-refractivity contribution in [2.75, 3.05) is 0 Å². The molecule has 0 amide bonds. The summed E-state index contributed by atoms with van der Waals surface area (Å²) in [4.78, 5) is 0. The molecule has 10 aromatic rings. The number of para-hydroxylation sites is 4. The van der Waals surface area contributed by atoms with Crippen molar-refractivity contribution in [3.8, 4) is 40.7 Å². The molecule has 6 heteroatoms. The van der Waals surface area contributed by atoms with Crippen LogP contribution in [-0.2, 0) is 0 Å². The first-order valence-corrected chi connectivity index (χ1v) is 16.5. The Hall–Kier alpha value is -7.59. The van der Waals surface area contributed by atoms with Gasteiger partial charge in [0.2, 0.25) is 0 Å². The summed E-state index contributed by atoms with van der Waals surface area (Å²) in [5.74, 6) is 0. The van der Waals surface area contributed by atoms with Crippen molar-refractivity contribution in [2.45, 2.75) is 0 Å². The molecule has 0 fully saturated rings. The van der Waals surface area contributed by atoms with E-state index in [4.69, 9.17) is 4.42 Å². The highest BCUT2D eigenvalue weighted by Crippen LogP contribution is 2.44. The van der Waals surface area contributed by atoms with Crippen molar-refractivity contribution in [2.24, 2.45) is 0 Å². The molecule has 10 rings (SSSR count). The normalized spacial score (nSPS) is 11.5. The Labute approximate surface area is 291 Å². The molecular weight excluding hydrogens is 627 g/mol. The van der Waals surface area contributed by atoms with E-state index >= 15 is 0 Å². The Kier molecular flexibility index (Phi) is 5.97. The van der Waals surface area contributed by atoms with Gasteiger partial charge in [0.15, 0.2) is 0 Å². The van der Waals surface area contributed by atoms with Crippen LogP contribution in [0.4, 0.5) is 0 Å². The van der Waals surface area contributed by atoms with E-state index in [0.29, 0.717) is 22.4 Å². The topological polar surface area (TPSA) is 94.4 Å². The molecule has 0 radical (unpaired) electrons. The molecule has 0 aliphatic rings. The van der Waals surface area contributed by atoms with Crippen LogP contribution in [0.3, 0.4) is 0 Å². The summed E-state index contributed by atoms with van der Waals surface area (Å²) in [5.41, 5.74) is 9.03. The fourth-order valence-corrected chi connectivity index (χ4v) is 7.94. The van der Waals surface area contributed by atoms with Crippen molar-refractivity contribution in [3.05, 3.63) is 156 Å². The summed E-state index contributed by atoms with van der Waals surface area (Å²) in [7, 11) is 0. The Morgan fingerprint density at radius 3 is 1.69 bits per heavy atom. The zero-order chi connectivity index (χ0) is 34.2. The van der Waals surface area contributed by atoms with Gasteiger partial charge in [0.1, 0.15) is 29.4 Å². The Morgan fingerprint density at radius 1 is 0.431 bits per heavy atom. The second kappa shape index (κ2) is 10.7. The number of nitrogens with zero attached hydrogens (tertiary/aromatic N) is 5. The molecule has 0 aliphatic carbocycles. The lowest BCUT2D eigenvalue weighted by molar-refractivity contribution is 0.669. The Morgan fingerprint density at radius 2 is 1.02 bits per heavy atom. The first-order chi connectivity index (χ1) is 25.2. The number of furan rings is 1. The minimum atomic E-state index is 0.238. The minimum Gasteiger partial charge on any atom is -0.456 e. The van der Waals surface area contributed by atoms with Gasteiger partial charge in [-0.25, -0.2) is 0 Å². The van der Waals surface area contributed by atoms with Crippen molar-refractivity contribution in [3.63, 3.8) is 0 Å². The molecule has 6 nitrogen and oxygen atoms in total. The molecule has 0 N–H and O–H groups in total. The molecule has 0 unspecified atom stereocenters. The lowest BCUT2D eigenvalue weighted by Gasteiger charge is -2.18. The summed E-state index contributed by atoms with van der Waals surface area (Å²) in [6, 6.07) is 53.1. The third kappa shape index (κ3) is 3.89. The monoisotopic (exact) mass is 649 g/mol. The van der Waals surface area contributed by atoms with Crippen LogP contribution in [0.2, 0.25) is 0 Å². The van der Waals surface area contributed by atoms with Gasteiger partial charge in [-0.05, 0) is 54.6 Å². The van der Waals surface area contributed by atoms with Gasteiger partial charge in [0, 0.05) is 38.1 Å². The molecular formula is C45H23N5O. The van der Waals surface area contributed by atoms with Crippen molar-refractivity contribution < 1.29 is 4.42 Å². The first kappa shape index (κ1) is 28.4. The van der Waals surface area contributed by atoms with E-state index in [2.05, 4.69) is 75.9 Å². The highest BCUT2D eigenvalue weighted by Gasteiger charge is 2.24. The minimum absolute atomic E-state index is 0.238. The number of hydrogen-bond acceptors (Lipinski definition) is 4. The highest BCUT2D eigenvalue weighted by molar-refractivity contribution is 6.24. The van der Waals surface area contributed by atoms with Crippen molar-refractivity contribution in [1.29, 1.82) is 15.8 Å². The van der Waals surface area contributed by atoms with Gasteiger partial charge in [-0.1, -0.05) is 84.9 Å². The standard InChI is InChI=1S/C45H23N5O/c46-24-27-22-35(29-14-9-18-40(36(29)26-48)49-37-15-5-1-10-30(37)31-11-2-6-16-38(31)49)41(23-28(27)25-47)50-39-17-7-3-12-32(39)33-20-21-43-44(45(33)50)34-13-4-8-19-42(34)51-43/h1-23H. The van der Waals surface area contributed by atoms with Crippen LogP contribution in [-0.4, -0.2) is 9.13 Å². The van der Waals surface area contributed by atoms with E-state index in [-0.39, 0.29) is 11.1 Å². The third-order valence-corrected chi connectivity index (χ3v) is 10.1. The van der Waals surface area contributed by atoms with E-state index in [1.54, 1.807) is 12.1 Å². The average molecular weight is 650 g/mol. The summed E-state index contributed by atoms with van der Waals surface area (Å²) < 4.78 is 10.7. The van der Waals surface area contributed by atoms with Crippen LogP contribution in [0, 0.1) is 34.0 Å². The van der Waals surface area contributed by atoms with Gasteiger partial charge in [0.05, 0.1) is 55.5 Å². The lowest BCUT2D eigenvalue weighted by Crippen LogP contribution is -2.04. The van der Waals surface area contributed by atoms with Gasteiger partial charge in [-0.15, -0.1) is 0 Å². The second-order valence-corrected chi connectivity index (χ2v) is 12.6. The maximum absolute atomic E-state index is 11.0. The zero-order valence-electron chi connectivity index (χ0n) is 26.9. The Bertz CT molecular complexity index is 3190. The SMILES string of the molecule is N#Cc1cc(-c2cccc(-n3c4ccccc4c4ccccc43)c2C#N)c(-n2c3ccccc3c3ccc4oc5ccccc5c4c32)cc1C#N. The van der Waals surface area contributed by atoms with Crippen LogP contribution in [0.1, 0.15) is 16.7 Å². The molecule has 0 saturated carbocycles. The number of hydrogen-bond donors (Lipinski definition) is 0. The van der Waals surface area contributed by atoms with E-state index < -0.39 is 0 Å². The number of rotatable bonds is 3. The largest absolute Gasteiger partial charge is 0.456 e. The highest BCUT2D eigenvalue weighted by atomic mass is 16.3. The second-order valence-electron chi connectivity index (χ2n) is 12.6. The average Bonchev–Trinajstić information content (AvgIpc) is 3.84. The maximum Gasteiger partial charge on any atom is 0.137 e. The van der Waals surface area contributed by atoms with E-state index in [1.165, 1.54) is 0 Å². The first-order valence-electron chi connectivity index (χ1n) is 16.5. The van der Waals surface area contributed by atoms with Crippen LogP contribution in [0.15, 0.2) is 144 Å².